The average Bonchev–Trinajstić information content (AvgIpc) is 2.38. The number of carbonyl (C=O) groups is 1. The van der Waals surface area contributed by atoms with Crippen LogP contribution in [0, 0.1) is 10.1 Å². The minimum absolute atomic E-state index is 0.141. The summed E-state index contributed by atoms with van der Waals surface area (Å²) in [6.45, 7) is 2.48. The van der Waals surface area contributed by atoms with Crippen molar-refractivity contribution in [3.63, 3.8) is 0 Å². The van der Waals surface area contributed by atoms with Crippen LogP contribution in [0.4, 0.5) is 0 Å². The van der Waals surface area contributed by atoms with E-state index in [-0.39, 0.29) is 5.70 Å². The van der Waals surface area contributed by atoms with E-state index in [4.69, 9.17) is 4.74 Å². The van der Waals surface area contributed by atoms with E-state index in [0.29, 0.717) is 30.8 Å². The maximum Gasteiger partial charge on any atom is 0.333 e. The maximum absolute atomic E-state index is 11.3. The van der Waals surface area contributed by atoms with E-state index in [1.54, 1.807) is 0 Å². The molecular formula is C12H17NO5. The van der Waals surface area contributed by atoms with Crippen molar-refractivity contribution in [3.05, 3.63) is 33.2 Å². The van der Waals surface area contributed by atoms with Crippen molar-refractivity contribution in [2.45, 2.75) is 32.6 Å². The van der Waals surface area contributed by atoms with Gasteiger partial charge < -0.3 is 9.47 Å². The highest BCUT2D eigenvalue weighted by Gasteiger charge is 2.26. The summed E-state index contributed by atoms with van der Waals surface area (Å²) in [6, 6.07) is 0. The van der Waals surface area contributed by atoms with E-state index in [9.17, 15) is 14.9 Å². The minimum atomic E-state index is -0.526. The van der Waals surface area contributed by atoms with Crippen LogP contribution in [0.1, 0.15) is 32.6 Å². The summed E-state index contributed by atoms with van der Waals surface area (Å²) in [5.41, 5.74) is 0.171. The van der Waals surface area contributed by atoms with Crippen molar-refractivity contribution in [3.8, 4) is 0 Å². The number of nitro groups is 1. The minimum Gasteiger partial charge on any atom is -0.491 e. The van der Waals surface area contributed by atoms with Crippen molar-refractivity contribution < 1.29 is 19.2 Å². The molecule has 0 spiro atoms. The number of ether oxygens (including phenoxy) is 2. The Bertz CT molecular complexity index is 397. The second kappa shape index (κ2) is 6.78. The standard InChI is InChI=1S/C12H17NO5/c1-3-4-7-18-11-6-5-9(12(14)17-2)8-10(11)13(15)16/h8H,3-7H2,1-2H3. The average molecular weight is 255 g/mol. The lowest BCUT2D eigenvalue weighted by atomic mass is 10.0. The fourth-order valence-corrected chi connectivity index (χ4v) is 1.63. The highest BCUT2D eigenvalue weighted by atomic mass is 16.6. The summed E-state index contributed by atoms with van der Waals surface area (Å²) in [6.07, 6.45) is 3.83. The molecule has 0 amide bonds. The molecule has 1 rings (SSSR count). The van der Waals surface area contributed by atoms with Gasteiger partial charge >= 0.3 is 11.7 Å². The van der Waals surface area contributed by atoms with Crippen LogP contribution in [-0.4, -0.2) is 24.6 Å². The summed E-state index contributed by atoms with van der Waals surface area (Å²) in [5.74, 6) is -0.178. The molecule has 0 unspecified atom stereocenters. The molecule has 0 aliphatic heterocycles. The first-order chi connectivity index (χ1) is 8.60. The normalized spacial score (nSPS) is 15.1. The lowest BCUT2D eigenvalue weighted by Crippen LogP contribution is -2.14. The van der Waals surface area contributed by atoms with Gasteiger partial charge in [0.25, 0.3) is 0 Å². The molecule has 6 nitrogen and oxygen atoms in total. The van der Waals surface area contributed by atoms with Crippen LogP contribution in [0.3, 0.4) is 0 Å². The van der Waals surface area contributed by atoms with Gasteiger partial charge in [0.1, 0.15) is 0 Å². The zero-order chi connectivity index (χ0) is 13.5. The highest BCUT2D eigenvalue weighted by Crippen LogP contribution is 2.26. The molecule has 0 atom stereocenters. The van der Waals surface area contributed by atoms with Gasteiger partial charge in [0, 0.05) is 18.1 Å². The van der Waals surface area contributed by atoms with Crippen LogP contribution in [0.5, 0.6) is 0 Å². The molecule has 0 aromatic heterocycles. The summed E-state index contributed by atoms with van der Waals surface area (Å²) in [5, 5.41) is 10.9. The van der Waals surface area contributed by atoms with E-state index in [1.807, 2.05) is 6.92 Å². The first-order valence-corrected chi connectivity index (χ1v) is 5.89. The SMILES string of the molecule is CCCCOC1=C([N+](=O)[O-])C=C(C(=O)OC)CC1. The van der Waals surface area contributed by atoms with Gasteiger partial charge in [-0.2, -0.15) is 0 Å². The van der Waals surface area contributed by atoms with Gasteiger partial charge in [-0.15, -0.1) is 0 Å². The van der Waals surface area contributed by atoms with E-state index in [1.165, 1.54) is 13.2 Å². The lowest BCUT2D eigenvalue weighted by molar-refractivity contribution is -0.422. The molecule has 100 valence electrons. The number of hydrogen-bond acceptors (Lipinski definition) is 5. The topological polar surface area (TPSA) is 78.7 Å². The van der Waals surface area contributed by atoms with E-state index < -0.39 is 10.9 Å². The molecule has 0 aromatic rings. The number of unbranched alkanes of at least 4 members (excludes halogenated alkanes) is 1. The largest absolute Gasteiger partial charge is 0.491 e. The number of carbonyl (C=O) groups excluding carboxylic acids is 1. The third-order valence-corrected chi connectivity index (χ3v) is 2.64. The second-order valence-corrected chi connectivity index (χ2v) is 3.93. The van der Waals surface area contributed by atoms with Crippen LogP contribution >= 0.6 is 0 Å². The zero-order valence-electron chi connectivity index (χ0n) is 10.6. The molecule has 18 heavy (non-hydrogen) atoms. The van der Waals surface area contributed by atoms with Gasteiger partial charge in [-0.3, -0.25) is 10.1 Å². The number of hydrogen-bond donors (Lipinski definition) is 0. The molecule has 6 heteroatoms. The van der Waals surface area contributed by atoms with Crippen LogP contribution in [0.15, 0.2) is 23.1 Å². The fraction of sp³-hybridized carbons (Fsp3) is 0.583. The zero-order valence-corrected chi connectivity index (χ0v) is 10.6. The van der Waals surface area contributed by atoms with Crippen LogP contribution < -0.4 is 0 Å². The molecule has 1 aliphatic rings. The molecule has 0 radical (unpaired) electrons. The molecule has 0 heterocycles. The number of allylic oxidation sites excluding steroid dienone is 2. The summed E-state index contributed by atoms with van der Waals surface area (Å²) in [7, 11) is 1.26. The van der Waals surface area contributed by atoms with Crippen molar-refractivity contribution >= 4 is 5.97 Å². The molecule has 0 N–H and O–H groups in total. The van der Waals surface area contributed by atoms with Crippen LogP contribution in [0.2, 0.25) is 0 Å². The van der Waals surface area contributed by atoms with Crippen LogP contribution in [0.25, 0.3) is 0 Å². The Morgan fingerprint density at radius 3 is 2.78 bits per heavy atom. The van der Waals surface area contributed by atoms with Crippen LogP contribution in [-0.2, 0) is 14.3 Å². The molecule has 0 aromatic carbocycles. The van der Waals surface area contributed by atoms with E-state index in [0.717, 1.165) is 12.8 Å². The van der Waals surface area contributed by atoms with Crippen molar-refractivity contribution in [2.24, 2.45) is 0 Å². The Balaban J connectivity index is 2.87. The lowest BCUT2D eigenvalue weighted by Gasteiger charge is -2.15. The van der Waals surface area contributed by atoms with Crippen molar-refractivity contribution in [2.75, 3.05) is 13.7 Å². The first-order valence-electron chi connectivity index (χ1n) is 5.89. The van der Waals surface area contributed by atoms with Gasteiger partial charge in [-0.25, -0.2) is 4.79 Å². The third kappa shape index (κ3) is 3.58. The second-order valence-electron chi connectivity index (χ2n) is 3.93. The van der Waals surface area contributed by atoms with Gasteiger partial charge in [0.2, 0.25) is 0 Å². The number of nitrogens with zero attached hydrogens (tertiary/aromatic N) is 1. The summed E-state index contributed by atoms with van der Waals surface area (Å²) < 4.78 is 9.96. The predicted octanol–water partition coefficient (Wildman–Crippen LogP) is 2.18. The third-order valence-electron chi connectivity index (χ3n) is 2.64. The summed E-state index contributed by atoms with van der Waals surface area (Å²) >= 11 is 0. The molecule has 0 fully saturated rings. The quantitative estimate of drug-likeness (QED) is 0.314. The smallest absolute Gasteiger partial charge is 0.333 e. The number of methoxy groups -OCH3 is 1. The number of esters is 1. The predicted molar refractivity (Wildman–Crippen MR) is 64.2 cm³/mol. The van der Waals surface area contributed by atoms with Gasteiger partial charge in [0.15, 0.2) is 5.76 Å². The maximum atomic E-state index is 11.3. The number of rotatable bonds is 6. The first kappa shape index (κ1) is 14.2. The fourth-order valence-electron chi connectivity index (χ4n) is 1.63. The molecule has 0 saturated carbocycles. The van der Waals surface area contributed by atoms with Crippen molar-refractivity contribution in [1.29, 1.82) is 0 Å². The highest BCUT2D eigenvalue weighted by molar-refractivity contribution is 5.89. The van der Waals surface area contributed by atoms with Gasteiger partial charge in [-0.1, -0.05) is 13.3 Å². The van der Waals surface area contributed by atoms with Gasteiger partial charge in [0.05, 0.1) is 18.6 Å². The summed E-state index contributed by atoms with van der Waals surface area (Å²) in [4.78, 5) is 21.7. The monoisotopic (exact) mass is 255 g/mol. The molecule has 1 aliphatic carbocycles. The Labute approximate surface area is 105 Å². The van der Waals surface area contributed by atoms with Gasteiger partial charge in [-0.05, 0) is 12.8 Å². The Hall–Kier alpha value is -1.85. The van der Waals surface area contributed by atoms with Crippen molar-refractivity contribution in [1.82, 2.24) is 0 Å². The Morgan fingerprint density at radius 2 is 2.22 bits per heavy atom. The Morgan fingerprint density at radius 1 is 1.50 bits per heavy atom. The molecule has 0 bridgehead atoms. The van der Waals surface area contributed by atoms with E-state index >= 15 is 0 Å². The van der Waals surface area contributed by atoms with E-state index in [2.05, 4.69) is 4.74 Å². The molecule has 0 saturated heterocycles. The Kier molecular flexibility index (Phi) is 5.35. The molecular weight excluding hydrogens is 238 g/mol.